The molecule has 0 unspecified atom stereocenters. The molecule has 0 spiro atoms. The number of hydrogen-bond donors (Lipinski definition) is 0. The summed E-state index contributed by atoms with van der Waals surface area (Å²) >= 11 is 0. The van der Waals surface area contributed by atoms with Crippen molar-refractivity contribution in [1.29, 1.82) is 0 Å². The Bertz CT molecular complexity index is 4240. The van der Waals surface area contributed by atoms with Gasteiger partial charge in [-0.1, -0.05) is 182 Å². The minimum atomic E-state index is 0.611. The second kappa shape index (κ2) is 16.1. The second-order valence-electron chi connectivity index (χ2n) is 18.0. The molecule has 0 saturated carbocycles. The molecule has 70 heavy (non-hydrogen) atoms. The molecule has 0 aliphatic rings. The highest BCUT2D eigenvalue weighted by Gasteiger charge is 2.20. The van der Waals surface area contributed by atoms with E-state index in [1.54, 1.807) is 0 Å². The van der Waals surface area contributed by atoms with Crippen molar-refractivity contribution in [2.24, 2.45) is 0 Å². The van der Waals surface area contributed by atoms with E-state index in [4.69, 9.17) is 15.0 Å². The monoisotopic (exact) mass is 891 g/mol. The number of aromatic nitrogens is 5. The maximum Gasteiger partial charge on any atom is 0.164 e. The van der Waals surface area contributed by atoms with Crippen molar-refractivity contribution in [2.75, 3.05) is 0 Å². The van der Waals surface area contributed by atoms with E-state index in [-0.39, 0.29) is 0 Å². The molecule has 0 aliphatic heterocycles. The summed E-state index contributed by atoms with van der Waals surface area (Å²) in [5.41, 5.74) is 14.2. The fourth-order valence-electron chi connectivity index (χ4n) is 10.6. The quantitative estimate of drug-likeness (QED) is 0.160. The first-order chi connectivity index (χ1) is 34.7. The molecule has 0 aliphatic carbocycles. The highest BCUT2D eigenvalue weighted by molar-refractivity contribution is 6.20. The third-order valence-electron chi connectivity index (χ3n) is 13.9. The summed E-state index contributed by atoms with van der Waals surface area (Å²) in [7, 11) is 0. The van der Waals surface area contributed by atoms with Crippen molar-refractivity contribution >= 4 is 65.2 Å². The second-order valence-corrected chi connectivity index (χ2v) is 18.0. The van der Waals surface area contributed by atoms with Gasteiger partial charge < -0.3 is 9.13 Å². The van der Waals surface area contributed by atoms with E-state index in [1.165, 1.54) is 54.1 Å². The number of nitrogens with zero attached hydrogens (tertiary/aromatic N) is 5. The van der Waals surface area contributed by atoms with Crippen molar-refractivity contribution in [3.05, 3.63) is 249 Å². The summed E-state index contributed by atoms with van der Waals surface area (Å²) in [5, 5.41) is 9.76. The lowest BCUT2D eigenvalue weighted by molar-refractivity contribution is 1.07. The van der Waals surface area contributed by atoms with Crippen molar-refractivity contribution in [1.82, 2.24) is 24.1 Å². The van der Waals surface area contributed by atoms with Gasteiger partial charge in [0.1, 0.15) is 0 Å². The smallest absolute Gasteiger partial charge is 0.164 e. The van der Waals surface area contributed by atoms with Gasteiger partial charge in [-0.15, -0.1) is 0 Å². The molecule has 326 valence electrons. The first kappa shape index (κ1) is 39.7. The summed E-state index contributed by atoms with van der Waals surface area (Å²) in [6.07, 6.45) is 0. The number of fused-ring (bicyclic) bond motifs is 9. The summed E-state index contributed by atoms with van der Waals surface area (Å²) in [6.45, 7) is 0. The Labute approximate surface area is 403 Å². The number of rotatable bonds is 7. The Balaban J connectivity index is 0.915. The first-order valence-corrected chi connectivity index (χ1v) is 23.8. The Hall–Kier alpha value is -9.45. The van der Waals surface area contributed by atoms with Crippen LogP contribution in [0.1, 0.15) is 0 Å². The van der Waals surface area contributed by atoms with Crippen LogP contribution in [0.3, 0.4) is 0 Å². The Morgan fingerprint density at radius 2 is 0.743 bits per heavy atom. The molecule has 0 amide bonds. The normalized spacial score (nSPS) is 11.7. The Morgan fingerprint density at radius 3 is 1.40 bits per heavy atom. The van der Waals surface area contributed by atoms with Gasteiger partial charge in [0.2, 0.25) is 0 Å². The van der Waals surface area contributed by atoms with Crippen LogP contribution in [0.5, 0.6) is 0 Å². The van der Waals surface area contributed by atoms with E-state index >= 15 is 0 Å². The van der Waals surface area contributed by atoms with Gasteiger partial charge in [0.05, 0.1) is 27.8 Å². The van der Waals surface area contributed by atoms with Crippen LogP contribution >= 0.6 is 0 Å². The van der Waals surface area contributed by atoms with Crippen molar-refractivity contribution in [3.63, 3.8) is 0 Å². The van der Waals surface area contributed by atoms with Gasteiger partial charge in [0.15, 0.2) is 17.5 Å². The van der Waals surface area contributed by atoms with Crippen LogP contribution in [-0.4, -0.2) is 24.1 Å². The minimum absolute atomic E-state index is 0.611. The molecule has 5 nitrogen and oxygen atoms in total. The van der Waals surface area contributed by atoms with Crippen LogP contribution in [0.2, 0.25) is 0 Å². The molecule has 0 bridgehead atoms. The summed E-state index contributed by atoms with van der Waals surface area (Å²) < 4.78 is 4.88. The lowest BCUT2D eigenvalue weighted by atomic mass is 10.0. The summed E-state index contributed by atoms with van der Waals surface area (Å²) in [4.78, 5) is 15.5. The van der Waals surface area contributed by atoms with Crippen molar-refractivity contribution in [2.45, 2.75) is 0 Å². The van der Waals surface area contributed by atoms with E-state index in [0.717, 1.165) is 61.4 Å². The number of para-hydroxylation sites is 2. The number of benzene rings is 11. The number of hydrogen-bond acceptors (Lipinski definition) is 3. The van der Waals surface area contributed by atoms with Gasteiger partial charge in [0, 0.05) is 54.7 Å². The Morgan fingerprint density at radius 1 is 0.243 bits per heavy atom. The maximum atomic E-state index is 5.19. The van der Waals surface area contributed by atoms with Gasteiger partial charge in [-0.05, 0) is 99.8 Å². The lowest BCUT2D eigenvalue weighted by Gasteiger charge is -2.14. The predicted octanol–water partition coefficient (Wildman–Crippen LogP) is 16.7. The van der Waals surface area contributed by atoms with Crippen LogP contribution in [0.15, 0.2) is 249 Å². The molecule has 0 atom stereocenters. The predicted molar refractivity (Wildman–Crippen MR) is 291 cm³/mol. The van der Waals surface area contributed by atoms with E-state index < -0.39 is 0 Å². The third-order valence-corrected chi connectivity index (χ3v) is 13.9. The molecule has 14 rings (SSSR count). The highest BCUT2D eigenvalue weighted by atomic mass is 15.0. The molecule has 0 N–H and O–H groups in total. The fraction of sp³-hybridized carbons (Fsp3) is 0. The third kappa shape index (κ3) is 6.51. The average Bonchev–Trinajstić information content (AvgIpc) is 3.95. The van der Waals surface area contributed by atoms with Gasteiger partial charge in [-0.2, -0.15) is 0 Å². The van der Waals surface area contributed by atoms with Crippen molar-refractivity contribution in [3.8, 4) is 67.8 Å². The molecule has 0 fully saturated rings. The molecule has 14 aromatic rings. The molecule has 0 radical (unpaired) electrons. The van der Waals surface area contributed by atoms with Crippen molar-refractivity contribution < 1.29 is 0 Å². The topological polar surface area (TPSA) is 48.5 Å². The van der Waals surface area contributed by atoms with E-state index in [0.29, 0.717) is 17.5 Å². The summed E-state index contributed by atoms with van der Waals surface area (Å²) in [5.74, 6) is 1.85. The highest BCUT2D eigenvalue weighted by Crippen LogP contribution is 2.41. The molecular weight excluding hydrogens is 851 g/mol. The van der Waals surface area contributed by atoms with Crippen LogP contribution in [0.4, 0.5) is 0 Å². The molecule has 3 aromatic heterocycles. The largest absolute Gasteiger partial charge is 0.309 e. The molecular formula is C65H41N5. The standard InChI is InChI=1S/C65H41N5/c1-3-16-42(17-4-1)46-21-13-24-49(38-46)64-66-63(67-65(68-64)50-25-14-22-47(39-50)43-18-5-2-6-19-43)45-32-35-51(36-33-45)69-58-29-11-10-28-54(58)57-41-56-48(40-61(57)69)23-15-31-60(56)70-59-30-12-9-27-53(59)55-37-34-44-20-7-8-26-52(44)62(55)70/h1-41H. The zero-order valence-electron chi connectivity index (χ0n) is 37.9. The van der Waals surface area contributed by atoms with Crippen LogP contribution < -0.4 is 0 Å². The molecule has 0 saturated heterocycles. The van der Waals surface area contributed by atoms with Gasteiger partial charge in [-0.3, -0.25) is 0 Å². The van der Waals surface area contributed by atoms with Crippen LogP contribution in [0.25, 0.3) is 133 Å². The van der Waals surface area contributed by atoms with Crippen LogP contribution in [-0.2, 0) is 0 Å². The van der Waals surface area contributed by atoms with Gasteiger partial charge >= 0.3 is 0 Å². The lowest BCUT2D eigenvalue weighted by Crippen LogP contribution is -2.01. The fourth-order valence-corrected chi connectivity index (χ4v) is 10.6. The molecule has 3 heterocycles. The summed E-state index contributed by atoms with van der Waals surface area (Å²) in [6, 6.07) is 88.8. The van der Waals surface area contributed by atoms with Gasteiger partial charge in [0.25, 0.3) is 0 Å². The minimum Gasteiger partial charge on any atom is -0.309 e. The molecule has 11 aromatic carbocycles. The SMILES string of the molecule is c1ccc(-c2cccc(-c3nc(-c4ccc(-n5c6ccccc6c6cc7c(-n8c9ccccc9c9ccc%10ccccc%10c98)cccc7cc65)cc4)nc(-c4cccc(-c5ccccc5)c4)n3)c2)cc1. The maximum absolute atomic E-state index is 5.19. The van der Waals surface area contributed by atoms with E-state index in [2.05, 4.69) is 246 Å². The van der Waals surface area contributed by atoms with E-state index in [1.807, 2.05) is 12.1 Å². The Kier molecular flexibility index (Phi) is 9.14. The zero-order chi connectivity index (χ0) is 46.1. The molecule has 5 heteroatoms. The van der Waals surface area contributed by atoms with Gasteiger partial charge in [-0.25, -0.2) is 15.0 Å². The average molecular weight is 892 g/mol. The van der Waals surface area contributed by atoms with E-state index in [9.17, 15) is 0 Å². The zero-order valence-corrected chi connectivity index (χ0v) is 37.9. The first-order valence-electron chi connectivity index (χ1n) is 23.8. The van der Waals surface area contributed by atoms with Crippen LogP contribution in [0, 0.1) is 0 Å².